The predicted molar refractivity (Wildman–Crippen MR) is 81.0 cm³/mol. The lowest BCUT2D eigenvalue weighted by molar-refractivity contribution is 0.345. The van der Waals surface area contributed by atoms with E-state index in [-0.39, 0.29) is 0 Å². The monoisotopic (exact) mass is 296 g/mol. The molecule has 1 saturated carbocycles. The Morgan fingerprint density at radius 1 is 1.43 bits per heavy atom. The third kappa shape index (κ3) is 2.26. The molecule has 0 aliphatic heterocycles. The zero-order chi connectivity index (χ0) is 14.2. The summed E-state index contributed by atoms with van der Waals surface area (Å²) in [5.41, 5.74) is 3.53. The number of rotatable bonds is 4. The molecule has 2 aromatic heterocycles. The van der Waals surface area contributed by atoms with Gasteiger partial charge in [-0.15, -0.1) is 0 Å². The number of anilines is 1. The minimum absolute atomic E-state index is 0.591. The molecule has 0 spiro atoms. The molecule has 0 radical (unpaired) electrons. The minimum Gasteiger partial charge on any atom is -0.358 e. The van der Waals surface area contributed by atoms with E-state index in [1.54, 1.807) is 6.20 Å². The van der Waals surface area contributed by atoms with Crippen LogP contribution < -0.4 is 4.72 Å². The van der Waals surface area contributed by atoms with Crippen molar-refractivity contribution >= 4 is 28.5 Å². The molecule has 6 heteroatoms. The SMILES string of the molecule is N#Cc1c[nH]c2c(NSc3cc(C4CC4)no3)cccc12. The van der Waals surface area contributed by atoms with Crippen LogP contribution in [0.25, 0.3) is 10.9 Å². The van der Waals surface area contributed by atoms with Gasteiger partial charge in [-0.25, -0.2) is 0 Å². The first kappa shape index (κ1) is 12.4. The first-order valence-electron chi connectivity index (χ1n) is 6.75. The van der Waals surface area contributed by atoms with Crippen molar-refractivity contribution in [3.8, 4) is 6.07 Å². The predicted octanol–water partition coefficient (Wildman–Crippen LogP) is 4.02. The average molecular weight is 296 g/mol. The fourth-order valence-corrected chi connectivity index (χ4v) is 2.96. The quantitative estimate of drug-likeness (QED) is 0.711. The van der Waals surface area contributed by atoms with Crippen LogP contribution in [-0.4, -0.2) is 10.1 Å². The summed E-state index contributed by atoms with van der Waals surface area (Å²) < 4.78 is 8.57. The smallest absolute Gasteiger partial charge is 0.213 e. The third-order valence-corrected chi connectivity index (χ3v) is 4.32. The number of nitriles is 1. The van der Waals surface area contributed by atoms with Gasteiger partial charge in [-0.05, 0) is 18.9 Å². The molecule has 0 amide bonds. The third-order valence-electron chi connectivity index (χ3n) is 3.60. The second-order valence-electron chi connectivity index (χ2n) is 5.09. The number of benzene rings is 1. The van der Waals surface area contributed by atoms with Gasteiger partial charge in [0.25, 0.3) is 0 Å². The van der Waals surface area contributed by atoms with Gasteiger partial charge < -0.3 is 14.2 Å². The Hall–Kier alpha value is -2.39. The fraction of sp³-hybridized carbons (Fsp3) is 0.200. The zero-order valence-corrected chi connectivity index (χ0v) is 11.9. The number of hydrogen-bond donors (Lipinski definition) is 2. The van der Waals surface area contributed by atoms with Crippen LogP contribution in [0.4, 0.5) is 5.69 Å². The minimum atomic E-state index is 0.591. The van der Waals surface area contributed by atoms with E-state index >= 15 is 0 Å². The normalized spacial score (nSPS) is 14.2. The van der Waals surface area contributed by atoms with Crippen LogP contribution in [0.1, 0.15) is 30.0 Å². The van der Waals surface area contributed by atoms with Crippen LogP contribution >= 0.6 is 11.9 Å². The number of H-pyrrole nitrogens is 1. The van der Waals surface area contributed by atoms with E-state index in [9.17, 15) is 0 Å². The highest BCUT2D eigenvalue weighted by Gasteiger charge is 2.27. The molecule has 1 aromatic carbocycles. The van der Waals surface area contributed by atoms with Gasteiger partial charge in [0, 0.05) is 35.5 Å². The Labute approximate surface area is 125 Å². The Bertz CT molecular complexity index is 841. The van der Waals surface area contributed by atoms with Crippen LogP contribution in [-0.2, 0) is 0 Å². The van der Waals surface area contributed by atoms with E-state index in [1.807, 2.05) is 24.3 Å². The fourth-order valence-electron chi connectivity index (χ4n) is 2.33. The number of para-hydroxylation sites is 1. The summed E-state index contributed by atoms with van der Waals surface area (Å²) in [6.07, 6.45) is 4.14. The Kier molecular flexibility index (Phi) is 2.86. The number of fused-ring (bicyclic) bond motifs is 1. The molecular weight excluding hydrogens is 284 g/mol. The molecule has 1 fully saturated rings. The van der Waals surface area contributed by atoms with Gasteiger partial charge in [-0.3, -0.25) is 0 Å². The Morgan fingerprint density at radius 2 is 2.33 bits per heavy atom. The van der Waals surface area contributed by atoms with Crippen LogP contribution in [0.3, 0.4) is 0 Å². The van der Waals surface area contributed by atoms with Gasteiger partial charge in [0.15, 0.2) is 0 Å². The maximum absolute atomic E-state index is 9.07. The van der Waals surface area contributed by atoms with Crippen LogP contribution in [0.15, 0.2) is 40.1 Å². The summed E-state index contributed by atoms with van der Waals surface area (Å²) in [6, 6.07) is 9.99. The van der Waals surface area contributed by atoms with Crippen molar-refractivity contribution < 1.29 is 4.52 Å². The van der Waals surface area contributed by atoms with Crippen molar-refractivity contribution in [2.24, 2.45) is 0 Å². The highest BCUT2D eigenvalue weighted by atomic mass is 32.2. The summed E-state index contributed by atoms with van der Waals surface area (Å²) in [7, 11) is 0. The molecule has 0 saturated heterocycles. The molecule has 0 atom stereocenters. The molecule has 5 nitrogen and oxygen atoms in total. The number of hydrogen-bond acceptors (Lipinski definition) is 5. The molecule has 2 heterocycles. The maximum Gasteiger partial charge on any atom is 0.213 e. The van der Waals surface area contributed by atoms with Crippen molar-refractivity contribution in [2.45, 2.75) is 23.9 Å². The Morgan fingerprint density at radius 3 is 3.14 bits per heavy atom. The first-order valence-corrected chi connectivity index (χ1v) is 7.56. The molecule has 2 N–H and O–H groups in total. The average Bonchev–Trinajstić information content (AvgIpc) is 3.11. The molecule has 3 aromatic rings. The largest absolute Gasteiger partial charge is 0.358 e. The van der Waals surface area contributed by atoms with E-state index in [2.05, 4.69) is 20.9 Å². The number of nitrogens with zero attached hydrogens (tertiary/aromatic N) is 2. The molecule has 1 aliphatic rings. The lowest BCUT2D eigenvalue weighted by atomic mass is 10.2. The van der Waals surface area contributed by atoms with Crippen molar-refractivity contribution in [2.75, 3.05) is 4.72 Å². The summed E-state index contributed by atoms with van der Waals surface area (Å²) in [4.78, 5) is 3.13. The van der Waals surface area contributed by atoms with Gasteiger partial charge in [0.1, 0.15) is 6.07 Å². The van der Waals surface area contributed by atoms with E-state index < -0.39 is 0 Å². The maximum atomic E-state index is 9.07. The first-order chi connectivity index (χ1) is 10.3. The molecule has 104 valence electrons. The second-order valence-corrected chi connectivity index (χ2v) is 5.90. The molecule has 0 bridgehead atoms. The highest BCUT2D eigenvalue weighted by Crippen LogP contribution is 2.40. The van der Waals surface area contributed by atoms with Crippen LogP contribution in [0, 0.1) is 11.3 Å². The standard InChI is InChI=1S/C15H12N4OS/c16-7-10-8-17-15-11(10)2-1-3-12(15)19-21-14-6-13(18-20-14)9-4-5-9/h1-3,6,8-9,17,19H,4-5H2. The lowest BCUT2D eigenvalue weighted by Crippen LogP contribution is -1.87. The molecular formula is C15H12N4OS. The number of aromatic amines is 1. The lowest BCUT2D eigenvalue weighted by Gasteiger charge is -2.04. The summed E-state index contributed by atoms with van der Waals surface area (Å²) in [6.45, 7) is 0. The van der Waals surface area contributed by atoms with Crippen molar-refractivity contribution in [1.29, 1.82) is 5.26 Å². The molecule has 1 aliphatic carbocycles. The van der Waals surface area contributed by atoms with Crippen molar-refractivity contribution in [3.63, 3.8) is 0 Å². The summed E-state index contributed by atoms with van der Waals surface area (Å²) >= 11 is 1.39. The van der Waals surface area contributed by atoms with Gasteiger partial charge in [0.05, 0.1) is 22.5 Å². The van der Waals surface area contributed by atoms with E-state index in [0.29, 0.717) is 11.5 Å². The summed E-state index contributed by atoms with van der Waals surface area (Å²) in [5, 5.41) is 14.8. The van der Waals surface area contributed by atoms with E-state index in [1.165, 1.54) is 24.8 Å². The van der Waals surface area contributed by atoms with Gasteiger partial charge in [0.2, 0.25) is 5.09 Å². The number of nitrogens with one attached hydrogen (secondary N) is 2. The number of aromatic nitrogens is 2. The molecule has 0 unspecified atom stereocenters. The van der Waals surface area contributed by atoms with Crippen molar-refractivity contribution in [3.05, 3.63) is 41.7 Å². The zero-order valence-electron chi connectivity index (χ0n) is 11.1. The van der Waals surface area contributed by atoms with Gasteiger partial charge >= 0.3 is 0 Å². The highest BCUT2D eigenvalue weighted by molar-refractivity contribution is 8.00. The van der Waals surface area contributed by atoms with Crippen LogP contribution in [0.5, 0.6) is 0 Å². The van der Waals surface area contributed by atoms with Crippen molar-refractivity contribution in [1.82, 2.24) is 10.1 Å². The van der Waals surface area contributed by atoms with Crippen LogP contribution in [0.2, 0.25) is 0 Å². The van der Waals surface area contributed by atoms with E-state index in [4.69, 9.17) is 9.78 Å². The van der Waals surface area contributed by atoms with Gasteiger partial charge in [-0.2, -0.15) is 5.26 Å². The molecule has 21 heavy (non-hydrogen) atoms. The summed E-state index contributed by atoms with van der Waals surface area (Å²) in [5.74, 6) is 0.591. The topological polar surface area (TPSA) is 77.6 Å². The molecule has 4 rings (SSSR count). The Balaban J connectivity index is 1.56. The second kappa shape index (κ2) is 4.86. The van der Waals surface area contributed by atoms with Gasteiger partial charge in [-0.1, -0.05) is 17.3 Å². The van der Waals surface area contributed by atoms with E-state index in [0.717, 1.165) is 27.4 Å².